The van der Waals surface area contributed by atoms with Crippen molar-refractivity contribution in [2.75, 3.05) is 26.7 Å². The molecule has 4 nitrogen and oxygen atoms in total. The maximum atomic E-state index is 13.6. The Balaban J connectivity index is 2.02. The predicted molar refractivity (Wildman–Crippen MR) is 73.7 cm³/mol. The number of carbonyl (C=O) groups excluding carboxylic acids is 1. The van der Waals surface area contributed by atoms with Crippen LogP contribution in [0.15, 0.2) is 18.2 Å². The SMILES string of the molecule is COc1ccc(C(=O)CN2C[C@@H](C)O[C@@H](C)C2)cc1F. The molecule has 1 aliphatic heterocycles. The molecule has 0 radical (unpaired) electrons. The number of carbonyl (C=O) groups is 1. The standard InChI is InChI=1S/C15H20FNO3/c1-10-7-17(8-11(2)20-10)9-14(18)12-4-5-15(19-3)13(16)6-12/h4-6,10-11H,7-9H2,1-3H3/t10-,11+. The zero-order chi connectivity index (χ0) is 14.7. The van der Waals surface area contributed by atoms with Gasteiger partial charge in [-0.3, -0.25) is 9.69 Å². The van der Waals surface area contributed by atoms with Crippen LogP contribution >= 0.6 is 0 Å². The molecule has 1 fully saturated rings. The fraction of sp³-hybridized carbons (Fsp3) is 0.533. The Morgan fingerprint density at radius 1 is 1.40 bits per heavy atom. The second kappa shape index (κ2) is 6.33. The van der Waals surface area contributed by atoms with Crippen molar-refractivity contribution < 1.29 is 18.7 Å². The molecule has 1 aromatic carbocycles. The molecule has 0 aliphatic carbocycles. The largest absolute Gasteiger partial charge is 0.494 e. The molecule has 0 bridgehead atoms. The minimum absolute atomic E-state index is 0.0900. The van der Waals surface area contributed by atoms with Crippen LogP contribution in [-0.2, 0) is 4.74 Å². The number of ether oxygens (including phenoxy) is 2. The fourth-order valence-electron chi connectivity index (χ4n) is 2.55. The molecule has 0 aromatic heterocycles. The van der Waals surface area contributed by atoms with Gasteiger partial charge in [-0.15, -0.1) is 0 Å². The number of hydrogen-bond acceptors (Lipinski definition) is 4. The Morgan fingerprint density at radius 3 is 2.60 bits per heavy atom. The van der Waals surface area contributed by atoms with E-state index in [1.807, 2.05) is 18.7 Å². The van der Waals surface area contributed by atoms with E-state index in [9.17, 15) is 9.18 Å². The molecule has 0 amide bonds. The van der Waals surface area contributed by atoms with Crippen molar-refractivity contribution in [1.29, 1.82) is 0 Å². The topological polar surface area (TPSA) is 38.8 Å². The highest BCUT2D eigenvalue weighted by Crippen LogP contribution is 2.19. The summed E-state index contributed by atoms with van der Waals surface area (Å²) in [7, 11) is 1.40. The van der Waals surface area contributed by atoms with Gasteiger partial charge in [-0.2, -0.15) is 0 Å². The molecule has 2 rings (SSSR count). The van der Waals surface area contributed by atoms with Crippen LogP contribution in [0.25, 0.3) is 0 Å². The molecular weight excluding hydrogens is 261 g/mol. The third kappa shape index (κ3) is 3.55. The maximum Gasteiger partial charge on any atom is 0.176 e. The molecule has 0 spiro atoms. The Kier molecular flexibility index (Phi) is 4.73. The number of Topliss-reactive ketones (excluding diaryl/α,β-unsaturated/α-hetero) is 1. The summed E-state index contributed by atoms with van der Waals surface area (Å²) in [6.07, 6.45) is 0.221. The number of hydrogen-bond donors (Lipinski definition) is 0. The summed E-state index contributed by atoms with van der Waals surface area (Å²) in [5.41, 5.74) is 0.370. The van der Waals surface area contributed by atoms with Crippen molar-refractivity contribution in [3.8, 4) is 5.75 Å². The summed E-state index contributed by atoms with van der Waals surface area (Å²) in [5.74, 6) is -0.454. The number of morpholine rings is 1. The second-order valence-corrected chi connectivity index (χ2v) is 5.22. The number of halogens is 1. The third-order valence-electron chi connectivity index (χ3n) is 3.34. The monoisotopic (exact) mass is 281 g/mol. The number of rotatable bonds is 4. The van der Waals surface area contributed by atoms with Gasteiger partial charge in [0.2, 0.25) is 0 Å². The molecule has 0 unspecified atom stereocenters. The average Bonchev–Trinajstić information content (AvgIpc) is 2.37. The van der Waals surface area contributed by atoms with Crippen LogP contribution in [0.2, 0.25) is 0 Å². The van der Waals surface area contributed by atoms with Gasteiger partial charge in [-0.25, -0.2) is 4.39 Å². The molecule has 5 heteroatoms. The lowest BCUT2D eigenvalue weighted by Gasteiger charge is -2.34. The smallest absolute Gasteiger partial charge is 0.176 e. The predicted octanol–water partition coefficient (Wildman–Crippen LogP) is 2.13. The van der Waals surface area contributed by atoms with E-state index in [0.717, 1.165) is 0 Å². The average molecular weight is 281 g/mol. The zero-order valence-electron chi connectivity index (χ0n) is 12.1. The Bertz CT molecular complexity index is 482. The fourth-order valence-corrected chi connectivity index (χ4v) is 2.55. The molecule has 0 saturated carbocycles. The van der Waals surface area contributed by atoms with Crippen molar-refractivity contribution >= 4 is 5.78 Å². The summed E-state index contributed by atoms with van der Waals surface area (Å²) in [6, 6.07) is 4.30. The van der Waals surface area contributed by atoms with Gasteiger partial charge >= 0.3 is 0 Å². The van der Waals surface area contributed by atoms with Gasteiger partial charge in [0.25, 0.3) is 0 Å². The molecule has 1 saturated heterocycles. The van der Waals surface area contributed by atoms with Crippen molar-refractivity contribution in [2.24, 2.45) is 0 Å². The minimum atomic E-state index is -0.512. The molecule has 1 heterocycles. The van der Waals surface area contributed by atoms with Crippen molar-refractivity contribution in [1.82, 2.24) is 4.90 Å². The van der Waals surface area contributed by atoms with E-state index in [1.165, 1.54) is 19.2 Å². The second-order valence-electron chi connectivity index (χ2n) is 5.22. The van der Waals surface area contributed by atoms with Crippen molar-refractivity contribution in [3.05, 3.63) is 29.6 Å². The van der Waals surface area contributed by atoms with Crippen LogP contribution in [0.4, 0.5) is 4.39 Å². The Hall–Kier alpha value is -1.46. The maximum absolute atomic E-state index is 13.6. The van der Waals surface area contributed by atoms with Crippen LogP contribution < -0.4 is 4.74 Å². The summed E-state index contributed by atoms with van der Waals surface area (Å²) >= 11 is 0. The zero-order valence-corrected chi connectivity index (χ0v) is 12.1. The van der Waals surface area contributed by atoms with E-state index >= 15 is 0 Å². The van der Waals surface area contributed by atoms with Gasteiger partial charge in [0.1, 0.15) is 0 Å². The van der Waals surface area contributed by atoms with E-state index in [1.54, 1.807) is 6.07 Å². The lowest BCUT2D eigenvalue weighted by molar-refractivity contribution is -0.0652. The Labute approximate surface area is 118 Å². The highest BCUT2D eigenvalue weighted by Gasteiger charge is 2.24. The summed E-state index contributed by atoms with van der Waals surface area (Å²) in [5, 5.41) is 0. The van der Waals surface area contributed by atoms with Crippen LogP contribution in [0, 0.1) is 5.82 Å². The minimum Gasteiger partial charge on any atom is -0.494 e. The van der Waals surface area contributed by atoms with Crippen LogP contribution in [0.3, 0.4) is 0 Å². The highest BCUT2D eigenvalue weighted by atomic mass is 19.1. The van der Waals surface area contributed by atoms with Gasteiger partial charge < -0.3 is 9.47 Å². The van der Waals surface area contributed by atoms with E-state index in [4.69, 9.17) is 9.47 Å². The van der Waals surface area contributed by atoms with Gasteiger partial charge in [-0.1, -0.05) is 0 Å². The third-order valence-corrected chi connectivity index (χ3v) is 3.34. The molecule has 0 N–H and O–H groups in total. The number of ketones is 1. The van der Waals surface area contributed by atoms with E-state index in [0.29, 0.717) is 18.7 Å². The first-order valence-corrected chi connectivity index (χ1v) is 6.74. The summed E-state index contributed by atoms with van der Waals surface area (Å²) in [6.45, 7) is 5.69. The molecule has 2 atom stereocenters. The van der Waals surface area contributed by atoms with Crippen LogP contribution in [0.1, 0.15) is 24.2 Å². The molecule has 1 aromatic rings. The number of nitrogens with zero attached hydrogens (tertiary/aromatic N) is 1. The van der Waals surface area contributed by atoms with E-state index in [2.05, 4.69) is 0 Å². The first-order chi connectivity index (χ1) is 9.49. The lowest BCUT2D eigenvalue weighted by atomic mass is 10.1. The quantitative estimate of drug-likeness (QED) is 0.793. The van der Waals surface area contributed by atoms with Gasteiger partial charge in [0.15, 0.2) is 17.3 Å². The molecule has 1 aliphatic rings. The first-order valence-electron chi connectivity index (χ1n) is 6.74. The normalized spacial score (nSPS) is 23.6. The molecule has 20 heavy (non-hydrogen) atoms. The Morgan fingerprint density at radius 2 is 2.05 bits per heavy atom. The van der Waals surface area contributed by atoms with Crippen molar-refractivity contribution in [3.63, 3.8) is 0 Å². The van der Waals surface area contributed by atoms with Gasteiger partial charge in [-0.05, 0) is 32.0 Å². The van der Waals surface area contributed by atoms with Crippen LogP contribution in [0.5, 0.6) is 5.75 Å². The van der Waals surface area contributed by atoms with Gasteiger partial charge in [0.05, 0.1) is 25.9 Å². The lowest BCUT2D eigenvalue weighted by Crippen LogP contribution is -2.47. The highest BCUT2D eigenvalue weighted by molar-refractivity contribution is 5.97. The molecular formula is C15H20FNO3. The van der Waals surface area contributed by atoms with E-state index in [-0.39, 0.29) is 30.3 Å². The van der Waals surface area contributed by atoms with Gasteiger partial charge in [0, 0.05) is 18.7 Å². The summed E-state index contributed by atoms with van der Waals surface area (Å²) < 4.78 is 24.1. The summed E-state index contributed by atoms with van der Waals surface area (Å²) in [4.78, 5) is 14.2. The molecule has 110 valence electrons. The first kappa shape index (κ1) is 14.9. The number of benzene rings is 1. The number of methoxy groups -OCH3 is 1. The van der Waals surface area contributed by atoms with Crippen molar-refractivity contribution in [2.45, 2.75) is 26.1 Å². The van der Waals surface area contributed by atoms with Crippen LogP contribution in [-0.4, -0.2) is 49.6 Å². The van der Waals surface area contributed by atoms with E-state index < -0.39 is 5.82 Å².